The van der Waals surface area contributed by atoms with Gasteiger partial charge in [-0.05, 0) is 43.5 Å². The zero-order valence-corrected chi connectivity index (χ0v) is 21.4. The first-order chi connectivity index (χ1) is 16.8. The van der Waals surface area contributed by atoms with Crippen LogP contribution in [-0.4, -0.2) is 57.1 Å². The van der Waals surface area contributed by atoms with E-state index in [1.807, 2.05) is 37.3 Å². The minimum atomic E-state index is -4.68. The summed E-state index contributed by atoms with van der Waals surface area (Å²) < 4.78 is 65.3. The van der Waals surface area contributed by atoms with Gasteiger partial charge >= 0.3 is 6.18 Å². The maximum absolute atomic E-state index is 13.4. The van der Waals surface area contributed by atoms with Gasteiger partial charge in [0.1, 0.15) is 12.6 Å². The molecule has 2 aromatic carbocycles. The van der Waals surface area contributed by atoms with Gasteiger partial charge in [0.25, 0.3) is 0 Å². The molecule has 0 bridgehead atoms. The molecule has 0 aliphatic heterocycles. The second-order valence-electron chi connectivity index (χ2n) is 8.46. The number of hydrogen-bond donors (Lipinski definition) is 1. The van der Waals surface area contributed by atoms with Gasteiger partial charge in [-0.1, -0.05) is 49.7 Å². The van der Waals surface area contributed by atoms with Crippen LogP contribution in [-0.2, 0) is 32.2 Å². The topological polar surface area (TPSA) is 86.8 Å². The summed E-state index contributed by atoms with van der Waals surface area (Å²) in [5.41, 5.74) is -0.416. The van der Waals surface area contributed by atoms with E-state index in [1.165, 1.54) is 11.0 Å². The van der Waals surface area contributed by atoms with Crippen molar-refractivity contribution in [1.29, 1.82) is 0 Å². The normalized spacial score (nSPS) is 12.6. The SMILES string of the molecule is CCCCNC(=O)[C@H](C)N(CCc1ccccc1)C(=O)CN(c1cccc(C(F)(F)F)c1)S(C)(=O)=O. The lowest BCUT2D eigenvalue weighted by Crippen LogP contribution is -2.52. The number of rotatable bonds is 12. The summed E-state index contributed by atoms with van der Waals surface area (Å²) in [4.78, 5) is 27.4. The number of nitrogens with one attached hydrogen (secondary N) is 1. The average molecular weight is 528 g/mol. The lowest BCUT2D eigenvalue weighted by Gasteiger charge is -2.31. The quantitative estimate of drug-likeness (QED) is 0.425. The number of unbranched alkanes of at least 4 members (excludes halogenated alkanes) is 1. The third kappa shape index (κ3) is 8.54. The Morgan fingerprint density at radius 3 is 2.31 bits per heavy atom. The highest BCUT2D eigenvalue weighted by atomic mass is 32.2. The summed E-state index contributed by atoms with van der Waals surface area (Å²) in [6.07, 6.45) is -1.84. The molecule has 0 aliphatic rings. The second-order valence-corrected chi connectivity index (χ2v) is 10.4. The molecule has 36 heavy (non-hydrogen) atoms. The number of carbonyl (C=O) groups excluding carboxylic acids is 2. The number of sulfonamides is 1. The molecule has 0 saturated carbocycles. The van der Waals surface area contributed by atoms with E-state index >= 15 is 0 Å². The van der Waals surface area contributed by atoms with Crippen LogP contribution in [0.1, 0.15) is 37.8 Å². The minimum Gasteiger partial charge on any atom is -0.354 e. The molecule has 2 rings (SSSR count). The molecule has 2 aromatic rings. The van der Waals surface area contributed by atoms with E-state index in [4.69, 9.17) is 0 Å². The number of alkyl halides is 3. The Labute approximate surface area is 210 Å². The highest BCUT2D eigenvalue weighted by Crippen LogP contribution is 2.32. The van der Waals surface area contributed by atoms with E-state index < -0.39 is 46.2 Å². The van der Waals surface area contributed by atoms with Gasteiger partial charge in [-0.15, -0.1) is 0 Å². The van der Waals surface area contributed by atoms with Gasteiger partial charge < -0.3 is 10.2 Å². The zero-order valence-electron chi connectivity index (χ0n) is 20.6. The predicted molar refractivity (Wildman–Crippen MR) is 133 cm³/mol. The summed E-state index contributed by atoms with van der Waals surface area (Å²) in [7, 11) is -4.12. The molecule has 1 N–H and O–H groups in total. The van der Waals surface area contributed by atoms with Crippen molar-refractivity contribution in [1.82, 2.24) is 10.2 Å². The Hall–Kier alpha value is -3.08. The molecular weight excluding hydrogens is 495 g/mol. The van der Waals surface area contributed by atoms with E-state index in [0.29, 0.717) is 23.3 Å². The van der Waals surface area contributed by atoms with E-state index in [0.717, 1.165) is 36.8 Å². The monoisotopic (exact) mass is 527 g/mol. The van der Waals surface area contributed by atoms with E-state index in [-0.39, 0.29) is 12.2 Å². The lowest BCUT2D eigenvalue weighted by molar-refractivity contribution is -0.138. The van der Waals surface area contributed by atoms with Crippen LogP contribution >= 0.6 is 0 Å². The van der Waals surface area contributed by atoms with Gasteiger partial charge in [-0.2, -0.15) is 13.2 Å². The van der Waals surface area contributed by atoms with Crippen LogP contribution in [0.3, 0.4) is 0 Å². The standard InChI is InChI=1S/C25H32F3N3O4S/c1-4-5-15-29-24(33)19(2)30(16-14-20-10-7-6-8-11-20)23(32)18-31(36(3,34)35)22-13-9-12-21(17-22)25(26,27)28/h6-13,17,19H,4-5,14-16,18H2,1-3H3,(H,29,33)/t19-/m0/s1. The Kier molecular flexibility index (Phi) is 10.3. The molecular formula is C25H32F3N3O4S. The van der Waals surface area contributed by atoms with E-state index in [2.05, 4.69) is 5.32 Å². The van der Waals surface area contributed by atoms with Crippen molar-refractivity contribution >= 4 is 27.5 Å². The highest BCUT2D eigenvalue weighted by molar-refractivity contribution is 7.92. The lowest BCUT2D eigenvalue weighted by atomic mass is 10.1. The van der Waals surface area contributed by atoms with Crippen molar-refractivity contribution in [2.75, 3.05) is 30.2 Å². The minimum absolute atomic E-state index is 0.116. The molecule has 0 unspecified atom stereocenters. The second kappa shape index (κ2) is 12.8. The maximum atomic E-state index is 13.4. The van der Waals surface area contributed by atoms with Gasteiger partial charge in [0.15, 0.2) is 0 Å². The van der Waals surface area contributed by atoms with Gasteiger partial charge in [0.2, 0.25) is 21.8 Å². The molecule has 0 heterocycles. The number of amides is 2. The van der Waals surface area contributed by atoms with Gasteiger partial charge in [0.05, 0.1) is 17.5 Å². The predicted octanol–water partition coefficient (Wildman–Crippen LogP) is 3.85. The Morgan fingerprint density at radius 1 is 1.06 bits per heavy atom. The van der Waals surface area contributed by atoms with Crippen LogP contribution in [0, 0.1) is 0 Å². The number of anilines is 1. The fourth-order valence-corrected chi connectivity index (χ4v) is 4.40. The van der Waals surface area contributed by atoms with Crippen molar-refractivity contribution in [3.63, 3.8) is 0 Å². The largest absolute Gasteiger partial charge is 0.416 e. The fraction of sp³-hybridized carbons (Fsp3) is 0.440. The number of carbonyl (C=O) groups is 2. The smallest absolute Gasteiger partial charge is 0.354 e. The van der Waals surface area contributed by atoms with Gasteiger partial charge in [0, 0.05) is 13.1 Å². The fourth-order valence-electron chi connectivity index (χ4n) is 3.56. The van der Waals surface area contributed by atoms with Crippen LogP contribution in [0.25, 0.3) is 0 Å². The molecule has 7 nitrogen and oxygen atoms in total. The number of nitrogens with zero attached hydrogens (tertiary/aromatic N) is 2. The number of hydrogen-bond acceptors (Lipinski definition) is 4. The summed E-state index contributed by atoms with van der Waals surface area (Å²) in [5, 5.41) is 2.77. The van der Waals surface area contributed by atoms with Crippen LogP contribution in [0.2, 0.25) is 0 Å². The molecule has 0 aromatic heterocycles. The first-order valence-electron chi connectivity index (χ1n) is 11.6. The van der Waals surface area contributed by atoms with Crippen LogP contribution in [0.4, 0.5) is 18.9 Å². The summed E-state index contributed by atoms with van der Waals surface area (Å²) >= 11 is 0. The average Bonchev–Trinajstić information content (AvgIpc) is 2.82. The Balaban J connectivity index is 2.33. The van der Waals surface area contributed by atoms with Crippen molar-refractivity contribution in [3.8, 4) is 0 Å². The van der Waals surface area contributed by atoms with Crippen molar-refractivity contribution in [2.24, 2.45) is 0 Å². The van der Waals surface area contributed by atoms with Gasteiger partial charge in [-0.3, -0.25) is 13.9 Å². The molecule has 0 saturated heterocycles. The van der Waals surface area contributed by atoms with Crippen molar-refractivity contribution in [2.45, 2.75) is 45.3 Å². The molecule has 11 heteroatoms. The Bertz CT molecular complexity index is 1120. The number of halogens is 3. The summed E-state index contributed by atoms with van der Waals surface area (Å²) in [5.74, 6) is -1.10. The summed E-state index contributed by atoms with van der Waals surface area (Å²) in [6.45, 7) is 3.31. The van der Waals surface area contributed by atoms with Crippen LogP contribution in [0.15, 0.2) is 54.6 Å². The Morgan fingerprint density at radius 2 is 1.72 bits per heavy atom. The molecule has 0 radical (unpaired) electrons. The van der Waals surface area contributed by atoms with Crippen molar-refractivity contribution in [3.05, 3.63) is 65.7 Å². The molecule has 0 fully saturated rings. The number of benzene rings is 2. The third-order valence-electron chi connectivity index (χ3n) is 5.62. The molecule has 198 valence electrons. The van der Waals surface area contributed by atoms with E-state index in [1.54, 1.807) is 6.92 Å². The highest BCUT2D eigenvalue weighted by Gasteiger charge is 2.33. The van der Waals surface area contributed by atoms with Gasteiger partial charge in [-0.25, -0.2) is 8.42 Å². The molecule has 1 atom stereocenters. The molecule has 0 aliphatic carbocycles. The third-order valence-corrected chi connectivity index (χ3v) is 6.76. The summed E-state index contributed by atoms with van der Waals surface area (Å²) in [6, 6.07) is 12.1. The first-order valence-corrected chi connectivity index (χ1v) is 13.5. The van der Waals surface area contributed by atoms with Crippen molar-refractivity contribution < 1.29 is 31.2 Å². The molecule has 0 spiro atoms. The van der Waals surface area contributed by atoms with Crippen LogP contribution in [0.5, 0.6) is 0 Å². The zero-order chi connectivity index (χ0) is 26.9. The maximum Gasteiger partial charge on any atom is 0.416 e. The molecule has 2 amide bonds. The first kappa shape index (κ1) is 29.2. The van der Waals surface area contributed by atoms with E-state index in [9.17, 15) is 31.2 Å². The van der Waals surface area contributed by atoms with Crippen LogP contribution < -0.4 is 9.62 Å².